The molecule has 0 aromatic carbocycles. The molecule has 5 heteroatoms. The molecule has 0 bridgehead atoms. The summed E-state index contributed by atoms with van der Waals surface area (Å²) in [6, 6.07) is 0. The average molecular weight is 168 g/mol. The maximum absolute atomic E-state index is 10.4. The van der Waals surface area contributed by atoms with E-state index in [-0.39, 0.29) is 5.91 Å². The van der Waals surface area contributed by atoms with Crippen LogP contribution in [0, 0.1) is 0 Å². The van der Waals surface area contributed by atoms with Crippen LogP contribution in [-0.4, -0.2) is 22.2 Å². The Morgan fingerprint density at radius 3 is 3.08 bits per heavy atom. The van der Waals surface area contributed by atoms with Gasteiger partial charge in [-0.25, -0.2) is 0 Å². The van der Waals surface area contributed by atoms with Crippen molar-refractivity contribution in [2.75, 3.05) is 11.9 Å². The third-order valence-electron chi connectivity index (χ3n) is 1.41. The quantitative estimate of drug-likeness (QED) is 0.648. The van der Waals surface area contributed by atoms with Crippen LogP contribution in [0.4, 0.5) is 5.69 Å². The Balaban J connectivity index is 2.29. The van der Waals surface area contributed by atoms with Gasteiger partial charge in [-0.05, 0) is 0 Å². The molecule has 12 heavy (non-hydrogen) atoms. The zero-order valence-electron chi connectivity index (χ0n) is 6.95. The number of carbonyl (C=O) groups excluding carboxylic acids is 1. The van der Waals surface area contributed by atoms with Gasteiger partial charge in [0, 0.05) is 26.2 Å². The van der Waals surface area contributed by atoms with Crippen LogP contribution < -0.4 is 11.1 Å². The summed E-state index contributed by atoms with van der Waals surface area (Å²) in [6.07, 6.45) is 3.87. The Labute approximate surface area is 70.5 Å². The van der Waals surface area contributed by atoms with E-state index in [9.17, 15) is 4.79 Å². The number of amides is 1. The molecule has 3 N–H and O–H groups in total. The van der Waals surface area contributed by atoms with Crippen molar-refractivity contribution in [1.82, 2.24) is 9.78 Å². The number of rotatable bonds is 4. The highest BCUT2D eigenvalue weighted by Crippen LogP contribution is 2.02. The van der Waals surface area contributed by atoms with Gasteiger partial charge in [-0.1, -0.05) is 0 Å². The summed E-state index contributed by atoms with van der Waals surface area (Å²) in [5.41, 5.74) is 5.86. The fourth-order valence-corrected chi connectivity index (χ4v) is 0.843. The molecular formula is C7H12N4O. The number of nitrogens with two attached hydrogens (primary N) is 1. The van der Waals surface area contributed by atoms with Crippen molar-refractivity contribution >= 4 is 11.6 Å². The maximum Gasteiger partial charge on any atom is 0.219 e. The smallest absolute Gasteiger partial charge is 0.219 e. The number of aryl methyl sites for hydroxylation is 1. The van der Waals surface area contributed by atoms with E-state index in [0.29, 0.717) is 13.0 Å². The predicted octanol–water partition coefficient (Wildman–Crippen LogP) is -0.293. The molecule has 0 radical (unpaired) electrons. The standard InChI is InChI=1S/C7H12N4O/c1-11-5-6(4-10-11)9-3-2-7(8)12/h4-5,9H,2-3H2,1H3,(H2,8,12). The summed E-state index contributed by atoms with van der Waals surface area (Å²) in [5.74, 6) is -0.300. The van der Waals surface area contributed by atoms with Crippen molar-refractivity contribution in [3.05, 3.63) is 12.4 Å². The lowest BCUT2D eigenvalue weighted by atomic mass is 10.4. The topological polar surface area (TPSA) is 72.9 Å². The zero-order chi connectivity index (χ0) is 8.97. The van der Waals surface area contributed by atoms with E-state index in [4.69, 9.17) is 5.73 Å². The second kappa shape index (κ2) is 3.75. The van der Waals surface area contributed by atoms with Crippen molar-refractivity contribution in [2.24, 2.45) is 12.8 Å². The van der Waals surface area contributed by atoms with Crippen molar-refractivity contribution in [3.8, 4) is 0 Å². The van der Waals surface area contributed by atoms with Crippen LogP contribution in [0.5, 0.6) is 0 Å². The van der Waals surface area contributed by atoms with Gasteiger partial charge in [0.1, 0.15) is 0 Å². The van der Waals surface area contributed by atoms with E-state index in [2.05, 4.69) is 10.4 Å². The fraction of sp³-hybridized carbons (Fsp3) is 0.429. The highest BCUT2D eigenvalue weighted by Gasteiger charge is 1.95. The molecular weight excluding hydrogens is 156 g/mol. The minimum atomic E-state index is -0.300. The highest BCUT2D eigenvalue weighted by atomic mass is 16.1. The summed E-state index contributed by atoms with van der Waals surface area (Å²) < 4.78 is 1.69. The third kappa shape index (κ3) is 2.61. The molecule has 66 valence electrons. The average Bonchev–Trinajstić information content (AvgIpc) is 2.35. The second-order valence-electron chi connectivity index (χ2n) is 2.55. The summed E-state index contributed by atoms with van der Waals surface area (Å²) in [7, 11) is 1.83. The number of nitrogens with zero attached hydrogens (tertiary/aromatic N) is 2. The summed E-state index contributed by atoms with van der Waals surface area (Å²) in [5, 5.41) is 6.97. The lowest BCUT2D eigenvalue weighted by molar-refractivity contribution is -0.117. The summed E-state index contributed by atoms with van der Waals surface area (Å²) in [4.78, 5) is 10.4. The molecule has 1 amide bonds. The van der Waals surface area contributed by atoms with Crippen molar-refractivity contribution in [1.29, 1.82) is 0 Å². The number of anilines is 1. The molecule has 0 aliphatic carbocycles. The first-order valence-corrected chi connectivity index (χ1v) is 3.69. The van der Waals surface area contributed by atoms with Crippen LogP contribution >= 0.6 is 0 Å². The van der Waals surface area contributed by atoms with Crippen LogP contribution in [0.1, 0.15) is 6.42 Å². The Kier molecular flexibility index (Phi) is 2.68. The molecule has 0 aliphatic heterocycles. The first-order chi connectivity index (χ1) is 5.68. The van der Waals surface area contributed by atoms with Gasteiger partial charge >= 0.3 is 0 Å². The largest absolute Gasteiger partial charge is 0.382 e. The Morgan fingerprint density at radius 1 is 1.83 bits per heavy atom. The minimum Gasteiger partial charge on any atom is -0.382 e. The van der Waals surface area contributed by atoms with E-state index in [1.165, 1.54) is 0 Å². The van der Waals surface area contributed by atoms with Gasteiger partial charge in [0.05, 0.1) is 11.9 Å². The van der Waals surface area contributed by atoms with Crippen molar-refractivity contribution in [2.45, 2.75) is 6.42 Å². The van der Waals surface area contributed by atoms with Gasteiger partial charge < -0.3 is 11.1 Å². The maximum atomic E-state index is 10.4. The molecule has 1 aromatic rings. The van der Waals surface area contributed by atoms with E-state index in [1.54, 1.807) is 10.9 Å². The minimum absolute atomic E-state index is 0.300. The molecule has 5 nitrogen and oxygen atoms in total. The van der Waals surface area contributed by atoms with Crippen molar-refractivity contribution < 1.29 is 4.79 Å². The number of nitrogens with one attached hydrogen (secondary N) is 1. The van der Waals surface area contributed by atoms with E-state index in [0.717, 1.165) is 5.69 Å². The number of hydrogen-bond acceptors (Lipinski definition) is 3. The van der Waals surface area contributed by atoms with E-state index in [1.807, 2.05) is 13.2 Å². The summed E-state index contributed by atoms with van der Waals surface area (Å²) in [6.45, 7) is 0.557. The van der Waals surface area contributed by atoms with Gasteiger partial charge in [0.25, 0.3) is 0 Å². The van der Waals surface area contributed by atoms with Gasteiger partial charge in [0.15, 0.2) is 0 Å². The molecule has 0 unspecified atom stereocenters. The first kappa shape index (κ1) is 8.58. The van der Waals surface area contributed by atoms with Crippen LogP contribution in [0.3, 0.4) is 0 Å². The monoisotopic (exact) mass is 168 g/mol. The lowest BCUT2D eigenvalue weighted by Crippen LogP contribution is -2.15. The van der Waals surface area contributed by atoms with Crippen molar-refractivity contribution in [3.63, 3.8) is 0 Å². The lowest BCUT2D eigenvalue weighted by Gasteiger charge is -1.98. The van der Waals surface area contributed by atoms with Gasteiger partial charge in [0.2, 0.25) is 5.91 Å². The van der Waals surface area contributed by atoms with Gasteiger partial charge in [-0.2, -0.15) is 5.10 Å². The van der Waals surface area contributed by atoms with Crippen LogP contribution in [0.25, 0.3) is 0 Å². The molecule has 1 heterocycles. The van der Waals surface area contributed by atoms with Crippen LogP contribution in [0.15, 0.2) is 12.4 Å². The number of hydrogen-bond donors (Lipinski definition) is 2. The molecule has 0 saturated heterocycles. The molecule has 0 fully saturated rings. The highest BCUT2D eigenvalue weighted by molar-refractivity contribution is 5.74. The Bertz CT molecular complexity index is 268. The second-order valence-corrected chi connectivity index (χ2v) is 2.55. The Hall–Kier alpha value is -1.52. The molecule has 0 atom stereocenters. The molecule has 0 aliphatic rings. The SMILES string of the molecule is Cn1cc(NCCC(N)=O)cn1. The fourth-order valence-electron chi connectivity index (χ4n) is 0.843. The van der Waals surface area contributed by atoms with Crippen LogP contribution in [0.2, 0.25) is 0 Å². The van der Waals surface area contributed by atoms with Crippen LogP contribution in [-0.2, 0) is 11.8 Å². The predicted molar refractivity (Wildman–Crippen MR) is 45.5 cm³/mol. The zero-order valence-corrected chi connectivity index (χ0v) is 6.95. The van der Waals surface area contributed by atoms with E-state index < -0.39 is 0 Å². The third-order valence-corrected chi connectivity index (χ3v) is 1.41. The summed E-state index contributed by atoms with van der Waals surface area (Å²) >= 11 is 0. The number of aromatic nitrogens is 2. The van der Waals surface area contributed by atoms with Gasteiger partial charge in [-0.15, -0.1) is 0 Å². The first-order valence-electron chi connectivity index (χ1n) is 3.69. The molecule has 0 saturated carbocycles. The normalized spacial score (nSPS) is 9.75. The molecule has 1 rings (SSSR count). The van der Waals surface area contributed by atoms with Gasteiger partial charge in [-0.3, -0.25) is 9.48 Å². The van der Waals surface area contributed by atoms with E-state index >= 15 is 0 Å². The molecule has 1 aromatic heterocycles. The Morgan fingerprint density at radius 2 is 2.58 bits per heavy atom. The number of carbonyl (C=O) groups is 1. The molecule has 0 spiro atoms. The number of primary amides is 1.